The summed E-state index contributed by atoms with van der Waals surface area (Å²) in [5.41, 5.74) is 0.714. The largest absolute Gasteiger partial charge is 0.489 e. The van der Waals surface area contributed by atoms with E-state index in [1.807, 2.05) is 11.6 Å². The van der Waals surface area contributed by atoms with Crippen molar-refractivity contribution in [2.45, 2.75) is 31.3 Å². The van der Waals surface area contributed by atoms with E-state index in [4.69, 9.17) is 16.3 Å². The molecule has 0 spiro atoms. The van der Waals surface area contributed by atoms with E-state index in [1.54, 1.807) is 6.92 Å². The fourth-order valence-corrected chi connectivity index (χ4v) is 4.44. The van der Waals surface area contributed by atoms with Crippen LogP contribution in [0.1, 0.15) is 27.2 Å². The number of aromatic nitrogens is 1. The van der Waals surface area contributed by atoms with Crippen LogP contribution >= 0.6 is 22.9 Å². The van der Waals surface area contributed by atoms with E-state index in [-0.39, 0.29) is 20.9 Å². The molecule has 1 aromatic heterocycles. The van der Waals surface area contributed by atoms with Crippen LogP contribution in [0.25, 0.3) is 0 Å². The summed E-state index contributed by atoms with van der Waals surface area (Å²) < 4.78 is 32.4. The van der Waals surface area contributed by atoms with Crippen LogP contribution < -0.4 is 9.46 Å². The first-order chi connectivity index (χ1) is 10.8. The number of fused-ring (bicyclic) bond motifs is 1. The number of sulfonamides is 1. The molecule has 122 valence electrons. The highest BCUT2D eigenvalue weighted by atomic mass is 35.5. The molecule has 0 bridgehead atoms. The molecular weight excluding hydrogens is 360 g/mol. The van der Waals surface area contributed by atoms with Crippen molar-refractivity contribution in [3.8, 4) is 5.75 Å². The van der Waals surface area contributed by atoms with Crippen molar-refractivity contribution in [2.75, 3.05) is 0 Å². The lowest BCUT2D eigenvalue weighted by atomic mass is 10.1. The van der Waals surface area contributed by atoms with Crippen molar-refractivity contribution in [3.63, 3.8) is 0 Å². The summed E-state index contributed by atoms with van der Waals surface area (Å²) in [4.78, 5) is 16.1. The number of rotatable bonds is 3. The Balaban J connectivity index is 1.90. The van der Waals surface area contributed by atoms with E-state index in [9.17, 15) is 13.2 Å². The lowest BCUT2D eigenvalue weighted by Crippen LogP contribution is -2.30. The van der Waals surface area contributed by atoms with Gasteiger partial charge in [0.05, 0.1) is 21.1 Å². The van der Waals surface area contributed by atoms with Crippen LogP contribution in [0.5, 0.6) is 5.75 Å². The van der Waals surface area contributed by atoms with Crippen LogP contribution in [0.2, 0.25) is 5.02 Å². The number of hydrogen-bond donors (Lipinski definition) is 1. The van der Waals surface area contributed by atoms with Gasteiger partial charge >= 0.3 is 0 Å². The molecule has 0 saturated heterocycles. The minimum absolute atomic E-state index is 0.0600. The van der Waals surface area contributed by atoms with Gasteiger partial charge in [0.2, 0.25) is 0 Å². The van der Waals surface area contributed by atoms with Crippen LogP contribution in [0, 0.1) is 6.92 Å². The average molecular weight is 373 g/mol. The maximum atomic E-state index is 12.4. The first-order valence-electron chi connectivity index (χ1n) is 6.75. The highest BCUT2D eigenvalue weighted by molar-refractivity contribution is 7.90. The Hall–Kier alpha value is -1.64. The number of carbonyl (C=O) groups is 1. The van der Waals surface area contributed by atoms with E-state index in [0.29, 0.717) is 22.7 Å². The number of nitrogens with one attached hydrogen (secondary N) is 1. The number of aryl methyl sites for hydroxylation is 1. The second kappa shape index (κ2) is 5.77. The third kappa shape index (κ3) is 3.19. The van der Waals surface area contributed by atoms with Gasteiger partial charge in [-0.25, -0.2) is 18.1 Å². The molecule has 1 unspecified atom stereocenters. The molecule has 0 radical (unpaired) electrons. The maximum Gasteiger partial charge on any atom is 0.276 e. The van der Waals surface area contributed by atoms with Crippen molar-refractivity contribution < 1.29 is 17.9 Å². The van der Waals surface area contributed by atoms with Crippen LogP contribution in [-0.4, -0.2) is 25.4 Å². The molecule has 0 fully saturated rings. The zero-order chi connectivity index (χ0) is 16.8. The Bertz CT molecular complexity index is 892. The van der Waals surface area contributed by atoms with Gasteiger partial charge in [-0.1, -0.05) is 11.6 Å². The number of benzene rings is 1. The Kier molecular flexibility index (Phi) is 4.07. The Morgan fingerprint density at radius 2 is 2.22 bits per heavy atom. The van der Waals surface area contributed by atoms with E-state index in [1.165, 1.54) is 18.3 Å². The third-order valence-corrected chi connectivity index (χ3v) is 5.81. The Morgan fingerprint density at radius 1 is 1.48 bits per heavy atom. The zero-order valence-electron chi connectivity index (χ0n) is 12.3. The van der Waals surface area contributed by atoms with Gasteiger partial charge in [0.15, 0.2) is 0 Å². The molecule has 1 N–H and O–H groups in total. The molecular formula is C14H13ClN2O4S2. The van der Waals surface area contributed by atoms with Crippen LogP contribution in [-0.2, 0) is 16.4 Å². The van der Waals surface area contributed by atoms with Crippen molar-refractivity contribution in [1.29, 1.82) is 0 Å². The molecule has 0 saturated carbocycles. The van der Waals surface area contributed by atoms with E-state index < -0.39 is 15.9 Å². The summed E-state index contributed by atoms with van der Waals surface area (Å²) in [6.07, 6.45) is 1.85. The van der Waals surface area contributed by atoms with E-state index in [2.05, 4.69) is 4.98 Å². The smallest absolute Gasteiger partial charge is 0.276 e. The lowest BCUT2D eigenvalue weighted by molar-refractivity contribution is 0.0985. The van der Waals surface area contributed by atoms with Gasteiger partial charge in [-0.15, -0.1) is 11.3 Å². The van der Waals surface area contributed by atoms with Crippen molar-refractivity contribution in [3.05, 3.63) is 38.8 Å². The number of thiazole rings is 1. The second-order valence-corrected chi connectivity index (χ2v) is 8.53. The molecule has 1 aliphatic heterocycles. The monoisotopic (exact) mass is 372 g/mol. The molecule has 1 amide bonds. The number of ether oxygens (including phenoxy) is 1. The zero-order valence-corrected chi connectivity index (χ0v) is 14.7. The lowest BCUT2D eigenvalue weighted by Gasteiger charge is -2.09. The number of halogens is 1. The molecule has 23 heavy (non-hydrogen) atoms. The molecule has 1 aliphatic rings. The summed E-state index contributed by atoms with van der Waals surface area (Å²) in [6, 6.07) is 2.77. The fraction of sp³-hybridized carbons (Fsp3) is 0.286. The Morgan fingerprint density at radius 3 is 2.87 bits per heavy atom. The number of amides is 1. The summed E-state index contributed by atoms with van der Waals surface area (Å²) in [7, 11) is -4.02. The van der Waals surface area contributed by atoms with Gasteiger partial charge in [0.25, 0.3) is 15.9 Å². The van der Waals surface area contributed by atoms with E-state index in [0.717, 1.165) is 11.3 Å². The van der Waals surface area contributed by atoms with E-state index >= 15 is 0 Å². The predicted octanol–water partition coefficient (Wildman–Crippen LogP) is 2.55. The number of hydrogen-bond acceptors (Lipinski definition) is 6. The minimum Gasteiger partial charge on any atom is -0.489 e. The van der Waals surface area contributed by atoms with Crippen LogP contribution in [0.15, 0.2) is 23.2 Å². The van der Waals surface area contributed by atoms with Crippen LogP contribution in [0.3, 0.4) is 0 Å². The standard InChI is InChI=1S/C14H13ClN2O4S2/c1-7-3-9-4-10(5-11(15)13(9)21-7)23(19,20)17-14(18)12-6-16-8(2)22-12/h4-7H,3H2,1-2H3,(H,17,18). The summed E-state index contributed by atoms with van der Waals surface area (Å²) in [5, 5.41) is 0.896. The topological polar surface area (TPSA) is 85.4 Å². The number of nitrogens with zero attached hydrogens (tertiary/aromatic N) is 1. The summed E-state index contributed by atoms with van der Waals surface area (Å²) in [6.45, 7) is 3.61. The molecule has 1 aromatic carbocycles. The molecule has 3 rings (SSSR count). The molecule has 2 aromatic rings. The SMILES string of the molecule is Cc1ncc(C(=O)NS(=O)(=O)c2cc(Cl)c3c(c2)CC(C)O3)s1. The third-order valence-electron chi connectivity index (χ3n) is 3.30. The predicted molar refractivity (Wildman–Crippen MR) is 86.7 cm³/mol. The van der Waals surface area contributed by atoms with Gasteiger partial charge < -0.3 is 4.74 Å². The summed E-state index contributed by atoms with van der Waals surface area (Å²) in [5.74, 6) is -0.209. The number of carbonyl (C=O) groups excluding carboxylic acids is 1. The summed E-state index contributed by atoms with van der Waals surface area (Å²) >= 11 is 7.21. The highest BCUT2D eigenvalue weighted by Gasteiger charge is 2.27. The van der Waals surface area contributed by atoms with Crippen molar-refractivity contribution in [2.24, 2.45) is 0 Å². The van der Waals surface area contributed by atoms with Crippen molar-refractivity contribution in [1.82, 2.24) is 9.71 Å². The second-order valence-electron chi connectivity index (χ2n) is 5.20. The maximum absolute atomic E-state index is 12.4. The normalized spacial score (nSPS) is 16.7. The molecule has 2 heterocycles. The molecule has 0 aliphatic carbocycles. The molecule has 1 atom stereocenters. The highest BCUT2D eigenvalue weighted by Crippen LogP contribution is 2.37. The fourth-order valence-electron chi connectivity index (χ4n) is 2.31. The minimum atomic E-state index is -4.02. The van der Waals surface area contributed by atoms with Crippen molar-refractivity contribution >= 4 is 38.9 Å². The van der Waals surface area contributed by atoms with Gasteiger partial charge in [-0.2, -0.15) is 0 Å². The quantitative estimate of drug-likeness (QED) is 0.894. The van der Waals surface area contributed by atoms with Gasteiger partial charge in [0.1, 0.15) is 16.7 Å². The average Bonchev–Trinajstić information content (AvgIpc) is 3.03. The Labute approximate surface area is 142 Å². The van der Waals surface area contributed by atoms with Crippen LogP contribution in [0.4, 0.5) is 0 Å². The molecule has 9 heteroatoms. The molecule has 6 nitrogen and oxygen atoms in total. The van der Waals surface area contributed by atoms with Gasteiger partial charge in [0, 0.05) is 12.0 Å². The van der Waals surface area contributed by atoms with Gasteiger partial charge in [-0.05, 0) is 26.0 Å². The first-order valence-corrected chi connectivity index (χ1v) is 9.42. The first kappa shape index (κ1) is 16.2. The van der Waals surface area contributed by atoms with Gasteiger partial charge in [-0.3, -0.25) is 4.79 Å².